The fourth-order valence-electron chi connectivity index (χ4n) is 1.96. The van der Waals surface area contributed by atoms with E-state index in [2.05, 4.69) is 15.9 Å². The van der Waals surface area contributed by atoms with E-state index in [1.807, 2.05) is 6.92 Å². The fourth-order valence-corrected chi connectivity index (χ4v) is 2.62. The smallest absolute Gasteiger partial charge is 0.310 e. The largest absolute Gasteiger partial charge is 0.481 e. The lowest BCUT2D eigenvalue weighted by Crippen LogP contribution is -2.39. The van der Waals surface area contributed by atoms with Crippen LogP contribution in [0, 0.1) is 5.41 Å². The second kappa shape index (κ2) is 3.77. The lowest BCUT2D eigenvalue weighted by molar-refractivity contribution is -0.150. The molecule has 1 atom stereocenters. The molecule has 2 nitrogen and oxygen atoms in total. The number of halogens is 1. The Bertz CT molecular complexity index is 171. The summed E-state index contributed by atoms with van der Waals surface area (Å²) in [6.07, 6.45) is 4.96. The van der Waals surface area contributed by atoms with E-state index in [0.29, 0.717) is 0 Å². The zero-order valence-corrected chi connectivity index (χ0v) is 8.93. The molecule has 0 bridgehead atoms. The summed E-state index contributed by atoms with van der Waals surface area (Å²) in [5.74, 6) is -0.633. The van der Waals surface area contributed by atoms with E-state index in [1.54, 1.807) is 0 Å². The summed E-state index contributed by atoms with van der Waals surface area (Å²) in [4.78, 5) is 11.2. The molecule has 0 radical (unpaired) electrons. The number of rotatable bonds is 2. The highest BCUT2D eigenvalue weighted by molar-refractivity contribution is 9.09. The lowest BCUT2D eigenvalue weighted by atomic mass is 9.72. The van der Waals surface area contributed by atoms with Crippen LogP contribution in [0.15, 0.2) is 0 Å². The number of alkyl halides is 1. The van der Waals surface area contributed by atoms with E-state index in [0.717, 1.165) is 25.7 Å². The molecule has 70 valence electrons. The average Bonchev–Trinajstić information content (AvgIpc) is 2.05. The van der Waals surface area contributed by atoms with Gasteiger partial charge >= 0.3 is 5.97 Å². The zero-order chi connectivity index (χ0) is 9.19. The van der Waals surface area contributed by atoms with E-state index < -0.39 is 11.4 Å². The minimum Gasteiger partial charge on any atom is -0.481 e. The van der Waals surface area contributed by atoms with Gasteiger partial charge in [-0.2, -0.15) is 0 Å². The molecule has 1 aliphatic carbocycles. The van der Waals surface area contributed by atoms with Gasteiger partial charge in [0.05, 0.1) is 5.41 Å². The Kier molecular flexibility index (Phi) is 3.16. The van der Waals surface area contributed by atoms with Crippen molar-refractivity contribution in [1.29, 1.82) is 0 Å². The molecule has 0 aromatic carbocycles. The number of hydrogen-bond donors (Lipinski definition) is 1. The Morgan fingerprint density at radius 2 is 1.92 bits per heavy atom. The van der Waals surface area contributed by atoms with Gasteiger partial charge in [0.1, 0.15) is 0 Å². The van der Waals surface area contributed by atoms with Gasteiger partial charge in [0.2, 0.25) is 0 Å². The Hall–Kier alpha value is -0.0500. The summed E-state index contributed by atoms with van der Waals surface area (Å²) >= 11 is 3.41. The third kappa shape index (κ3) is 1.65. The maximum absolute atomic E-state index is 11.1. The highest BCUT2D eigenvalue weighted by atomic mass is 79.9. The van der Waals surface area contributed by atoms with Crippen LogP contribution in [-0.2, 0) is 4.79 Å². The zero-order valence-electron chi connectivity index (χ0n) is 7.35. The van der Waals surface area contributed by atoms with Crippen LogP contribution in [0.1, 0.15) is 39.0 Å². The molecule has 3 heteroatoms. The third-order valence-electron chi connectivity index (χ3n) is 2.93. The number of hydrogen-bond acceptors (Lipinski definition) is 1. The number of carboxylic acid groups (broad SMARTS) is 1. The molecule has 1 unspecified atom stereocenters. The molecule has 0 aromatic rings. The van der Waals surface area contributed by atoms with Crippen LogP contribution in [0.3, 0.4) is 0 Å². The van der Waals surface area contributed by atoms with Gasteiger partial charge in [-0.25, -0.2) is 0 Å². The van der Waals surface area contributed by atoms with Gasteiger partial charge in [0, 0.05) is 4.83 Å². The van der Waals surface area contributed by atoms with Gasteiger partial charge < -0.3 is 5.11 Å². The van der Waals surface area contributed by atoms with Crippen molar-refractivity contribution in [3.05, 3.63) is 0 Å². The summed E-state index contributed by atoms with van der Waals surface area (Å²) < 4.78 is 0. The molecule has 0 amide bonds. The molecule has 1 rings (SSSR count). The van der Waals surface area contributed by atoms with Crippen molar-refractivity contribution in [2.24, 2.45) is 5.41 Å². The minimum atomic E-state index is -0.633. The van der Waals surface area contributed by atoms with Crippen LogP contribution < -0.4 is 0 Å². The number of carboxylic acids is 1. The first-order valence-electron chi connectivity index (χ1n) is 4.47. The van der Waals surface area contributed by atoms with Crippen molar-refractivity contribution in [3.8, 4) is 0 Å². The fraction of sp³-hybridized carbons (Fsp3) is 0.889. The molecule has 0 spiro atoms. The molecule has 0 aromatic heterocycles. The average molecular weight is 235 g/mol. The van der Waals surface area contributed by atoms with E-state index in [-0.39, 0.29) is 4.83 Å². The van der Waals surface area contributed by atoms with Gasteiger partial charge in [-0.15, -0.1) is 0 Å². The van der Waals surface area contributed by atoms with Crippen LogP contribution in [0.2, 0.25) is 0 Å². The maximum Gasteiger partial charge on any atom is 0.310 e. The van der Waals surface area contributed by atoms with Gasteiger partial charge in [-0.3, -0.25) is 4.79 Å². The van der Waals surface area contributed by atoms with E-state index in [9.17, 15) is 4.79 Å². The predicted molar refractivity (Wildman–Crippen MR) is 51.5 cm³/mol. The van der Waals surface area contributed by atoms with Crippen molar-refractivity contribution < 1.29 is 9.90 Å². The van der Waals surface area contributed by atoms with Crippen LogP contribution in [0.4, 0.5) is 0 Å². The van der Waals surface area contributed by atoms with E-state index in [4.69, 9.17) is 5.11 Å². The molecule has 1 aliphatic rings. The van der Waals surface area contributed by atoms with Crippen molar-refractivity contribution in [2.45, 2.75) is 43.9 Å². The molecule has 0 aliphatic heterocycles. The first-order chi connectivity index (χ1) is 5.59. The highest BCUT2D eigenvalue weighted by Gasteiger charge is 2.43. The molecule has 12 heavy (non-hydrogen) atoms. The standard InChI is InChI=1S/C9H15BrO2/c1-7(10)9(8(11)12)5-3-2-4-6-9/h7H,2-6H2,1H3,(H,11,12). The monoisotopic (exact) mass is 234 g/mol. The van der Waals surface area contributed by atoms with Crippen LogP contribution in [0.25, 0.3) is 0 Å². The molecule has 1 fully saturated rings. The van der Waals surface area contributed by atoms with Gasteiger partial charge in [0.15, 0.2) is 0 Å². The minimum absolute atomic E-state index is 0.0859. The van der Waals surface area contributed by atoms with Crippen molar-refractivity contribution in [3.63, 3.8) is 0 Å². The van der Waals surface area contributed by atoms with Gasteiger partial charge in [-0.1, -0.05) is 42.1 Å². The molecular formula is C9H15BrO2. The van der Waals surface area contributed by atoms with Gasteiger partial charge in [-0.05, 0) is 12.8 Å². The van der Waals surface area contributed by atoms with Crippen molar-refractivity contribution >= 4 is 21.9 Å². The number of carbonyl (C=O) groups is 1. The Morgan fingerprint density at radius 3 is 2.17 bits per heavy atom. The summed E-state index contributed by atoms with van der Waals surface area (Å²) in [7, 11) is 0. The van der Waals surface area contributed by atoms with Crippen LogP contribution in [0.5, 0.6) is 0 Å². The first-order valence-corrected chi connectivity index (χ1v) is 5.38. The molecule has 1 N–H and O–H groups in total. The lowest BCUT2D eigenvalue weighted by Gasteiger charge is -2.35. The predicted octanol–water partition coefficient (Wildman–Crippen LogP) is 2.80. The topological polar surface area (TPSA) is 37.3 Å². The summed E-state index contributed by atoms with van der Waals surface area (Å²) in [5.41, 5.74) is -0.488. The van der Waals surface area contributed by atoms with Crippen molar-refractivity contribution in [1.82, 2.24) is 0 Å². The Balaban J connectivity index is 2.77. The summed E-state index contributed by atoms with van der Waals surface area (Å²) in [6.45, 7) is 1.94. The summed E-state index contributed by atoms with van der Waals surface area (Å²) in [5, 5.41) is 9.13. The quantitative estimate of drug-likeness (QED) is 0.747. The van der Waals surface area contributed by atoms with Crippen LogP contribution in [-0.4, -0.2) is 15.9 Å². The normalized spacial score (nSPS) is 24.8. The Labute approximate surface area is 81.5 Å². The van der Waals surface area contributed by atoms with Gasteiger partial charge in [0.25, 0.3) is 0 Å². The molecule has 0 heterocycles. The third-order valence-corrected chi connectivity index (χ3v) is 3.81. The SMILES string of the molecule is CC(Br)C1(C(=O)O)CCCCC1. The summed E-state index contributed by atoms with van der Waals surface area (Å²) in [6, 6.07) is 0. The molecule has 0 saturated heterocycles. The maximum atomic E-state index is 11.1. The van der Waals surface area contributed by atoms with E-state index in [1.165, 1.54) is 6.42 Å². The molecule has 1 saturated carbocycles. The van der Waals surface area contributed by atoms with Crippen molar-refractivity contribution in [2.75, 3.05) is 0 Å². The second-order valence-corrected chi connectivity index (χ2v) is 5.01. The molecular weight excluding hydrogens is 220 g/mol. The van der Waals surface area contributed by atoms with E-state index >= 15 is 0 Å². The van der Waals surface area contributed by atoms with Crippen LogP contribution >= 0.6 is 15.9 Å². The highest BCUT2D eigenvalue weighted by Crippen LogP contribution is 2.42. The Morgan fingerprint density at radius 1 is 1.42 bits per heavy atom. The number of aliphatic carboxylic acids is 1. The second-order valence-electron chi connectivity index (χ2n) is 3.64. The first kappa shape index (κ1) is 10.0.